The Morgan fingerprint density at radius 1 is 0.944 bits per heavy atom. The molecule has 0 fully saturated rings. The molecule has 0 radical (unpaired) electrons. The van der Waals surface area contributed by atoms with Gasteiger partial charge in [-0.15, -0.1) is 0 Å². The summed E-state index contributed by atoms with van der Waals surface area (Å²) in [5.74, 6) is 0. The Labute approximate surface area is 104 Å². The minimum atomic E-state index is -0.0695. The lowest BCUT2D eigenvalue weighted by molar-refractivity contribution is 1.28. The number of anilines is 1. The van der Waals surface area contributed by atoms with Gasteiger partial charge in [-0.05, 0) is 35.2 Å². The molecule has 0 saturated heterocycles. The molecule has 3 heteroatoms. The van der Waals surface area contributed by atoms with Crippen LogP contribution in [0.15, 0.2) is 59.4 Å². The smallest absolute Gasteiger partial charge is 0.256 e. The Hall–Kier alpha value is -2.55. The quantitative estimate of drug-likeness (QED) is 0.638. The van der Waals surface area contributed by atoms with Crippen LogP contribution >= 0.6 is 0 Å². The molecular formula is C15H12N2O. The number of fused-ring (bicyclic) bond motifs is 1. The van der Waals surface area contributed by atoms with E-state index in [9.17, 15) is 4.79 Å². The van der Waals surface area contributed by atoms with E-state index in [1.54, 1.807) is 0 Å². The van der Waals surface area contributed by atoms with Gasteiger partial charge in [0.15, 0.2) is 0 Å². The number of hydrogen-bond acceptors (Lipinski definition) is 2. The highest BCUT2D eigenvalue weighted by atomic mass is 16.1. The monoisotopic (exact) mass is 236 g/mol. The van der Waals surface area contributed by atoms with Crippen molar-refractivity contribution in [2.75, 3.05) is 5.73 Å². The van der Waals surface area contributed by atoms with Crippen molar-refractivity contribution < 1.29 is 0 Å². The average molecular weight is 236 g/mol. The van der Waals surface area contributed by atoms with Gasteiger partial charge < -0.3 is 10.7 Å². The molecule has 3 aromatic rings. The van der Waals surface area contributed by atoms with Crippen molar-refractivity contribution in [3.05, 3.63) is 65.0 Å². The van der Waals surface area contributed by atoms with Crippen LogP contribution in [0.4, 0.5) is 5.69 Å². The van der Waals surface area contributed by atoms with Gasteiger partial charge in [-0.3, -0.25) is 4.79 Å². The number of nitrogen functional groups attached to an aromatic ring is 1. The van der Waals surface area contributed by atoms with E-state index >= 15 is 0 Å². The number of nitrogens with two attached hydrogens (primary N) is 1. The fourth-order valence-corrected chi connectivity index (χ4v) is 2.03. The molecule has 0 bridgehead atoms. The van der Waals surface area contributed by atoms with Gasteiger partial charge in [0.25, 0.3) is 5.56 Å². The molecule has 0 aliphatic carbocycles. The molecule has 1 aromatic heterocycles. The van der Waals surface area contributed by atoms with Gasteiger partial charge >= 0.3 is 0 Å². The van der Waals surface area contributed by atoms with Crippen molar-refractivity contribution >= 4 is 16.5 Å². The van der Waals surface area contributed by atoms with Crippen LogP contribution in [0, 0.1) is 0 Å². The first-order valence-corrected chi connectivity index (χ1v) is 5.72. The van der Waals surface area contributed by atoms with E-state index in [0.29, 0.717) is 11.1 Å². The average Bonchev–Trinajstić information content (AvgIpc) is 2.39. The van der Waals surface area contributed by atoms with Gasteiger partial charge in [0.2, 0.25) is 0 Å². The zero-order valence-electron chi connectivity index (χ0n) is 9.68. The van der Waals surface area contributed by atoms with Crippen LogP contribution in [0.25, 0.3) is 22.0 Å². The molecule has 2 aromatic carbocycles. The second-order valence-corrected chi connectivity index (χ2v) is 4.22. The molecule has 3 rings (SSSR count). The molecular weight excluding hydrogens is 224 g/mol. The number of H-pyrrole nitrogens is 1. The van der Waals surface area contributed by atoms with Crippen LogP contribution in [-0.2, 0) is 0 Å². The number of rotatable bonds is 1. The highest BCUT2D eigenvalue weighted by molar-refractivity contribution is 5.85. The molecule has 0 aliphatic rings. The predicted molar refractivity (Wildman–Crippen MR) is 74.4 cm³/mol. The van der Waals surface area contributed by atoms with E-state index < -0.39 is 0 Å². The van der Waals surface area contributed by atoms with E-state index in [1.807, 2.05) is 54.6 Å². The van der Waals surface area contributed by atoms with Crippen molar-refractivity contribution in [2.45, 2.75) is 0 Å². The Balaban J connectivity index is 2.24. The maximum absolute atomic E-state index is 12.0. The minimum absolute atomic E-state index is 0.0695. The van der Waals surface area contributed by atoms with Crippen LogP contribution < -0.4 is 11.3 Å². The lowest BCUT2D eigenvalue weighted by Crippen LogP contribution is -2.06. The van der Waals surface area contributed by atoms with Crippen LogP contribution in [-0.4, -0.2) is 4.98 Å². The summed E-state index contributed by atoms with van der Waals surface area (Å²) in [5.41, 5.74) is 8.05. The molecule has 3 nitrogen and oxygen atoms in total. The van der Waals surface area contributed by atoms with Gasteiger partial charge in [-0.1, -0.05) is 30.3 Å². The van der Waals surface area contributed by atoms with Crippen molar-refractivity contribution in [2.24, 2.45) is 0 Å². The van der Waals surface area contributed by atoms with E-state index in [4.69, 9.17) is 5.73 Å². The molecule has 18 heavy (non-hydrogen) atoms. The second kappa shape index (κ2) is 4.04. The molecule has 0 atom stereocenters. The standard InChI is InChI=1S/C15H12N2O/c16-12-7-5-10(6-8-12)14-9-11-3-1-2-4-13(11)15(18)17-14/h1-9H,16H2,(H,17,18). The number of nitrogens with one attached hydrogen (secondary N) is 1. The number of pyridine rings is 1. The summed E-state index contributed by atoms with van der Waals surface area (Å²) in [6, 6.07) is 17.0. The summed E-state index contributed by atoms with van der Waals surface area (Å²) < 4.78 is 0. The molecule has 3 N–H and O–H groups in total. The van der Waals surface area contributed by atoms with Crippen molar-refractivity contribution in [3.8, 4) is 11.3 Å². The number of aromatic nitrogens is 1. The summed E-state index contributed by atoms with van der Waals surface area (Å²) in [5, 5.41) is 1.64. The molecule has 0 amide bonds. The van der Waals surface area contributed by atoms with Gasteiger partial charge in [-0.25, -0.2) is 0 Å². The topological polar surface area (TPSA) is 58.9 Å². The third-order valence-corrected chi connectivity index (χ3v) is 2.98. The van der Waals surface area contributed by atoms with Crippen LogP contribution in [0.2, 0.25) is 0 Å². The highest BCUT2D eigenvalue weighted by Crippen LogP contribution is 2.20. The first-order chi connectivity index (χ1) is 8.74. The molecule has 0 aliphatic heterocycles. The Morgan fingerprint density at radius 2 is 1.67 bits per heavy atom. The maximum atomic E-state index is 12.0. The number of aromatic amines is 1. The van der Waals surface area contributed by atoms with Crippen molar-refractivity contribution in [1.29, 1.82) is 0 Å². The van der Waals surface area contributed by atoms with Crippen LogP contribution in [0.3, 0.4) is 0 Å². The fraction of sp³-hybridized carbons (Fsp3) is 0. The predicted octanol–water partition coefficient (Wildman–Crippen LogP) is 2.78. The molecule has 0 saturated carbocycles. The molecule has 0 unspecified atom stereocenters. The normalized spacial score (nSPS) is 10.7. The third-order valence-electron chi connectivity index (χ3n) is 2.98. The molecule has 1 heterocycles. The molecule has 0 spiro atoms. The van der Waals surface area contributed by atoms with Crippen molar-refractivity contribution in [3.63, 3.8) is 0 Å². The summed E-state index contributed by atoms with van der Waals surface area (Å²) in [7, 11) is 0. The Morgan fingerprint density at radius 3 is 2.44 bits per heavy atom. The summed E-state index contributed by atoms with van der Waals surface area (Å²) in [6.45, 7) is 0. The van der Waals surface area contributed by atoms with Gasteiger partial charge in [-0.2, -0.15) is 0 Å². The van der Waals surface area contributed by atoms with E-state index in [-0.39, 0.29) is 5.56 Å². The van der Waals surface area contributed by atoms with Gasteiger partial charge in [0.05, 0.1) is 0 Å². The number of benzene rings is 2. The van der Waals surface area contributed by atoms with Gasteiger partial charge in [0, 0.05) is 16.8 Å². The molecule has 88 valence electrons. The largest absolute Gasteiger partial charge is 0.399 e. The zero-order valence-corrected chi connectivity index (χ0v) is 9.68. The van der Waals surface area contributed by atoms with Gasteiger partial charge in [0.1, 0.15) is 0 Å². The third kappa shape index (κ3) is 1.76. The first-order valence-electron chi connectivity index (χ1n) is 5.72. The lowest BCUT2D eigenvalue weighted by Gasteiger charge is -2.04. The van der Waals surface area contributed by atoms with E-state index in [2.05, 4.69) is 4.98 Å². The van der Waals surface area contributed by atoms with E-state index in [0.717, 1.165) is 16.6 Å². The fourth-order valence-electron chi connectivity index (χ4n) is 2.03. The van der Waals surface area contributed by atoms with E-state index in [1.165, 1.54) is 0 Å². The first kappa shape index (κ1) is 10.6. The van der Waals surface area contributed by atoms with Crippen LogP contribution in [0.1, 0.15) is 0 Å². The summed E-state index contributed by atoms with van der Waals surface area (Å²) in [6.07, 6.45) is 0. The lowest BCUT2D eigenvalue weighted by atomic mass is 10.1. The summed E-state index contributed by atoms with van der Waals surface area (Å²) >= 11 is 0. The minimum Gasteiger partial charge on any atom is -0.399 e. The second-order valence-electron chi connectivity index (χ2n) is 4.22. The Bertz CT molecular complexity index is 757. The maximum Gasteiger partial charge on any atom is 0.256 e. The SMILES string of the molecule is Nc1ccc(-c2cc3ccccc3c(=O)[nH]2)cc1. The van der Waals surface area contributed by atoms with Crippen LogP contribution in [0.5, 0.6) is 0 Å². The Kier molecular flexibility index (Phi) is 2.38. The number of hydrogen-bond donors (Lipinski definition) is 2. The summed E-state index contributed by atoms with van der Waals surface area (Å²) in [4.78, 5) is 14.8. The zero-order chi connectivity index (χ0) is 12.5. The highest BCUT2D eigenvalue weighted by Gasteiger charge is 2.03. The van der Waals surface area contributed by atoms with Crippen molar-refractivity contribution in [1.82, 2.24) is 4.98 Å².